The number of nitrogens with one attached hydrogen (secondary N) is 1. The molecule has 0 aliphatic carbocycles. The van der Waals surface area contributed by atoms with Crippen LogP contribution in [0.2, 0.25) is 10.0 Å². The molecule has 0 bridgehead atoms. The first-order valence-corrected chi connectivity index (χ1v) is 7.78. The van der Waals surface area contributed by atoms with Crippen LogP contribution < -0.4 is 4.74 Å². The molecular weight excluding hydrogens is 321 g/mol. The molecule has 1 aliphatic heterocycles. The third-order valence-electron chi connectivity index (χ3n) is 4.07. The maximum Gasteiger partial charge on any atom is 0.198 e. The molecule has 2 N–H and O–H groups in total. The average molecular weight is 334 g/mol. The largest absolute Gasteiger partial charge is 0.464 e. The number of rotatable bonds is 1. The van der Waals surface area contributed by atoms with Crippen LogP contribution in [0.4, 0.5) is 0 Å². The highest BCUT2D eigenvalue weighted by Crippen LogP contribution is 2.44. The highest BCUT2D eigenvalue weighted by Gasteiger charge is 2.30. The Labute approximate surface area is 137 Å². The average Bonchev–Trinajstić information content (AvgIpc) is 2.94. The second-order valence-corrected chi connectivity index (χ2v) is 6.36. The molecule has 4 rings (SSSR count). The molecule has 0 unspecified atom stereocenters. The van der Waals surface area contributed by atoms with E-state index in [9.17, 15) is 5.11 Å². The number of aliphatic hydroxyl groups excluding tert-OH is 1. The predicted octanol–water partition coefficient (Wildman–Crippen LogP) is 4.71. The van der Waals surface area contributed by atoms with Crippen molar-refractivity contribution in [2.24, 2.45) is 0 Å². The van der Waals surface area contributed by atoms with Gasteiger partial charge in [0.1, 0.15) is 5.75 Å². The zero-order valence-corrected chi connectivity index (χ0v) is 13.0. The third-order valence-corrected chi connectivity index (χ3v) is 4.51. The number of fused-ring (bicyclic) bond motifs is 3. The van der Waals surface area contributed by atoms with Gasteiger partial charge < -0.3 is 14.8 Å². The summed E-state index contributed by atoms with van der Waals surface area (Å²) in [5.74, 6) is 0.716. The molecule has 0 fully saturated rings. The van der Waals surface area contributed by atoms with Gasteiger partial charge in [-0.3, -0.25) is 0 Å². The Morgan fingerprint density at radius 2 is 1.86 bits per heavy atom. The van der Waals surface area contributed by atoms with Gasteiger partial charge in [0.25, 0.3) is 0 Å². The zero-order valence-electron chi connectivity index (χ0n) is 11.5. The Hall–Kier alpha value is -1.68. The van der Waals surface area contributed by atoms with E-state index < -0.39 is 6.29 Å². The fourth-order valence-corrected chi connectivity index (χ4v) is 3.68. The molecule has 2 atom stereocenters. The van der Waals surface area contributed by atoms with Crippen LogP contribution in [-0.4, -0.2) is 16.4 Å². The van der Waals surface area contributed by atoms with Crippen LogP contribution >= 0.6 is 23.2 Å². The topological polar surface area (TPSA) is 45.2 Å². The lowest BCUT2D eigenvalue weighted by molar-refractivity contribution is -0.0346. The lowest BCUT2D eigenvalue weighted by Gasteiger charge is -2.30. The van der Waals surface area contributed by atoms with E-state index in [4.69, 9.17) is 27.9 Å². The standard InChI is InChI=1S/C17H13Cl2NO2/c18-10-5-9(6-11(19)7-10)14-8-16(21)22-17-12(14)1-2-15-13(17)3-4-20-15/h1-7,14,16,20-21H,8H2/t14-,16+/m1/s1. The van der Waals surface area contributed by atoms with Crippen molar-refractivity contribution in [3.05, 3.63) is 63.8 Å². The van der Waals surface area contributed by atoms with Crippen LogP contribution in [0.3, 0.4) is 0 Å². The molecule has 2 heterocycles. The van der Waals surface area contributed by atoms with Crippen molar-refractivity contribution in [1.29, 1.82) is 0 Å². The minimum atomic E-state index is -0.851. The molecule has 0 spiro atoms. The van der Waals surface area contributed by atoms with Crippen molar-refractivity contribution in [3.63, 3.8) is 0 Å². The Morgan fingerprint density at radius 1 is 1.09 bits per heavy atom. The second kappa shape index (κ2) is 5.20. The molecule has 0 saturated heterocycles. The minimum absolute atomic E-state index is 0.00532. The summed E-state index contributed by atoms with van der Waals surface area (Å²) in [5.41, 5.74) is 3.00. The molecule has 0 radical (unpaired) electrons. The molecular formula is C17H13Cl2NO2. The number of aliphatic hydroxyl groups is 1. The van der Waals surface area contributed by atoms with E-state index in [-0.39, 0.29) is 5.92 Å². The van der Waals surface area contributed by atoms with Crippen molar-refractivity contribution < 1.29 is 9.84 Å². The maximum atomic E-state index is 10.1. The summed E-state index contributed by atoms with van der Waals surface area (Å²) in [6.07, 6.45) is 1.48. The van der Waals surface area contributed by atoms with Crippen LogP contribution in [-0.2, 0) is 0 Å². The number of ether oxygens (including phenoxy) is 1. The van der Waals surface area contributed by atoms with Crippen molar-refractivity contribution in [2.75, 3.05) is 0 Å². The Balaban J connectivity index is 1.91. The Bertz CT molecular complexity index is 839. The fourth-order valence-electron chi connectivity index (χ4n) is 3.13. The summed E-state index contributed by atoms with van der Waals surface area (Å²) in [4.78, 5) is 3.15. The first kappa shape index (κ1) is 13.9. The van der Waals surface area contributed by atoms with Gasteiger partial charge in [0.15, 0.2) is 6.29 Å². The minimum Gasteiger partial charge on any atom is -0.464 e. The fraction of sp³-hybridized carbons (Fsp3) is 0.176. The third kappa shape index (κ3) is 2.26. The molecule has 22 heavy (non-hydrogen) atoms. The Morgan fingerprint density at radius 3 is 2.64 bits per heavy atom. The van der Waals surface area contributed by atoms with Gasteiger partial charge in [-0.15, -0.1) is 0 Å². The smallest absolute Gasteiger partial charge is 0.198 e. The molecule has 3 aromatic rings. The number of aromatic nitrogens is 1. The van der Waals surface area contributed by atoms with E-state index in [1.165, 1.54) is 0 Å². The van der Waals surface area contributed by atoms with E-state index in [0.717, 1.165) is 27.8 Å². The van der Waals surface area contributed by atoms with Crippen LogP contribution in [0.1, 0.15) is 23.5 Å². The first-order valence-electron chi connectivity index (χ1n) is 7.02. The van der Waals surface area contributed by atoms with Gasteiger partial charge in [-0.1, -0.05) is 29.3 Å². The predicted molar refractivity (Wildman–Crippen MR) is 87.9 cm³/mol. The van der Waals surface area contributed by atoms with Gasteiger partial charge in [-0.25, -0.2) is 0 Å². The lowest BCUT2D eigenvalue weighted by atomic mass is 9.85. The number of aromatic amines is 1. The SMILES string of the molecule is O[C@@H]1C[C@H](c2cc(Cl)cc(Cl)c2)c2ccc3[nH]ccc3c2O1. The number of halogens is 2. The van der Waals surface area contributed by atoms with Crippen molar-refractivity contribution in [1.82, 2.24) is 4.98 Å². The summed E-state index contributed by atoms with van der Waals surface area (Å²) < 4.78 is 5.69. The molecule has 1 aliphatic rings. The summed E-state index contributed by atoms with van der Waals surface area (Å²) in [7, 11) is 0. The second-order valence-electron chi connectivity index (χ2n) is 5.49. The molecule has 3 nitrogen and oxygen atoms in total. The molecule has 112 valence electrons. The van der Waals surface area contributed by atoms with Gasteiger partial charge in [0.2, 0.25) is 0 Å². The lowest BCUT2D eigenvalue weighted by Crippen LogP contribution is -2.25. The van der Waals surface area contributed by atoms with E-state index in [2.05, 4.69) is 4.98 Å². The summed E-state index contributed by atoms with van der Waals surface area (Å²) in [6, 6.07) is 11.5. The van der Waals surface area contributed by atoms with Crippen LogP contribution in [0.5, 0.6) is 5.75 Å². The van der Waals surface area contributed by atoms with Gasteiger partial charge in [-0.05, 0) is 35.9 Å². The van der Waals surface area contributed by atoms with Gasteiger partial charge in [0, 0.05) is 45.0 Å². The maximum absolute atomic E-state index is 10.1. The summed E-state index contributed by atoms with van der Waals surface area (Å²) in [6.45, 7) is 0. The van der Waals surface area contributed by atoms with Gasteiger partial charge >= 0.3 is 0 Å². The van der Waals surface area contributed by atoms with Crippen molar-refractivity contribution in [3.8, 4) is 5.75 Å². The highest BCUT2D eigenvalue weighted by molar-refractivity contribution is 6.34. The van der Waals surface area contributed by atoms with Crippen molar-refractivity contribution in [2.45, 2.75) is 18.6 Å². The van der Waals surface area contributed by atoms with Gasteiger partial charge in [0.05, 0.1) is 0 Å². The monoisotopic (exact) mass is 333 g/mol. The Kier molecular flexibility index (Phi) is 3.30. The van der Waals surface area contributed by atoms with E-state index in [1.54, 1.807) is 6.07 Å². The molecule has 5 heteroatoms. The first-order chi connectivity index (χ1) is 10.6. The molecule has 1 aromatic heterocycles. The quantitative estimate of drug-likeness (QED) is 0.677. The normalized spacial score (nSPS) is 20.7. The number of benzene rings is 2. The highest BCUT2D eigenvalue weighted by atomic mass is 35.5. The van der Waals surface area contributed by atoms with Crippen LogP contribution in [0, 0.1) is 0 Å². The van der Waals surface area contributed by atoms with E-state index >= 15 is 0 Å². The zero-order chi connectivity index (χ0) is 15.3. The molecule has 2 aromatic carbocycles. The number of H-pyrrole nitrogens is 1. The summed E-state index contributed by atoms with van der Waals surface area (Å²) in [5, 5.41) is 12.3. The van der Waals surface area contributed by atoms with Crippen LogP contribution in [0.25, 0.3) is 10.9 Å². The van der Waals surface area contributed by atoms with Gasteiger partial charge in [-0.2, -0.15) is 0 Å². The number of hydrogen-bond donors (Lipinski definition) is 2. The van der Waals surface area contributed by atoms with E-state index in [1.807, 2.05) is 36.5 Å². The van der Waals surface area contributed by atoms with E-state index in [0.29, 0.717) is 16.5 Å². The van der Waals surface area contributed by atoms with Crippen LogP contribution in [0.15, 0.2) is 42.6 Å². The van der Waals surface area contributed by atoms with Crippen molar-refractivity contribution >= 4 is 34.1 Å². The molecule has 0 amide bonds. The number of hydrogen-bond acceptors (Lipinski definition) is 2. The summed E-state index contributed by atoms with van der Waals surface area (Å²) >= 11 is 12.3. The molecule has 0 saturated carbocycles.